The van der Waals surface area contributed by atoms with Crippen molar-refractivity contribution < 1.29 is 0 Å². The Bertz CT molecular complexity index is 428. The number of hydrogen-bond acceptors (Lipinski definition) is 3. The minimum absolute atomic E-state index is 0.889. The molecule has 0 spiro atoms. The molecule has 1 fully saturated rings. The lowest BCUT2D eigenvalue weighted by Crippen LogP contribution is -2.45. The van der Waals surface area contributed by atoms with Crippen LogP contribution in [-0.4, -0.2) is 56.0 Å². The van der Waals surface area contributed by atoms with Crippen LogP contribution in [0, 0.1) is 0 Å². The monoisotopic (exact) mass is 344 g/mol. The van der Waals surface area contributed by atoms with Crippen LogP contribution in [0.5, 0.6) is 0 Å². The molecule has 0 bridgehead atoms. The molecule has 0 unspecified atom stereocenters. The summed E-state index contributed by atoms with van der Waals surface area (Å²) in [7, 11) is 3.92. The maximum Gasteiger partial charge on any atom is 0.193 e. The molecule has 4 nitrogen and oxygen atoms in total. The van der Waals surface area contributed by atoms with E-state index in [0.29, 0.717) is 0 Å². The zero-order valence-electron chi connectivity index (χ0n) is 11.5. The van der Waals surface area contributed by atoms with Crippen LogP contribution in [0.2, 0.25) is 0 Å². The molecule has 6 heteroatoms. The lowest BCUT2D eigenvalue weighted by Gasteiger charge is -2.31. The third-order valence-electron chi connectivity index (χ3n) is 3.26. The second-order valence-corrected chi connectivity index (χ2v) is 7.28. The van der Waals surface area contributed by atoms with Crippen molar-refractivity contribution in [2.24, 2.45) is 4.99 Å². The van der Waals surface area contributed by atoms with E-state index in [1.807, 2.05) is 7.05 Å². The Morgan fingerprint density at radius 1 is 1.53 bits per heavy atom. The van der Waals surface area contributed by atoms with E-state index in [4.69, 9.17) is 0 Å². The molecule has 0 radical (unpaired) electrons. The summed E-state index contributed by atoms with van der Waals surface area (Å²) in [6, 6.07) is 4.24. The fraction of sp³-hybridized carbons (Fsp3) is 0.615. The van der Waals surface area contributed by atoms with Gasteiger partial charge in [-0.15, -0.1) is 11.3 Å². The smallest absolute Gasteiger partial charge is 0.193 e. The number of thiophene rings is 1. The van der Waals surface area contributed by atoms with Gasteiger partial charge in [0.15, 0.2) is 5.96 Å². The van der Waals surface area contributed by atoms with Gasteiger partial charge in [-0.05, 0) is 47.6 Å². The zero-order chi connectivity index (χ0) is 13.7. The van der Waals surface area contributed by atoms with Gasteiger partial charge in [-0.3, -0.25) is 4.99 Å². The Kier molecular flexibility index (Phi) is 5.66. The number of rotatable bonds is 5. The SMILES string of the molecule is CN=C(NCCN1CCC1)N(C)Cc1ccc(Br)s1. The van der Waals surface area contributed by atoms with Gasteiger partial charge in [0, 0.05) is 32.1 Å². The lowest BCUT2D eigenvalue weighted by molar-refractivity contribution is 0.184. The molecular weight excluding hydrogens is 324 g/mol. The van der Waals surface area contributed by atoms with Gasteiger partial charge < -0.3 is 15.1 Å². The number of nitrogens with one attached hydrogen (secondary N) is 1. The average Bonchev–Trinajstić information content (AvgIpc) is 2.72. The summed E-state index contributed by atoms with van der Waals surface area (Å²) in [4.78, 5) is 10.3. The third kappa shape index (κ3) is 4.47. The Labute approximate surface area is 127 Å². The Balaban J connectivity index is 1.76. The van der Waals surface area contributed by atoms with Crippen molar-refractivity contribution in [3.8, 4) is 0 Å². The van der Waals surface area contributed by atoms with Crippen LogP contribution in [0.25, 0.3) is 0 Å². The molecule has 1 aromatic heterocycles. The van der Waals surface area contributed by atoms with Crippen molar-refractivity contribution in [2.45, 2.75) is 13.0 Å². The van der Waals surface area contributed by atoms with Crippen LogP contribution in [0.4, 0.5) is 0 Å². The maximum atomic E-state index is 4.34. The van der Waals surface area contributed by atoms with Crippen molar-refractivity contribution in [3.05, 3.63) is 20.8 Å². The van der Waals surface area contributed by atoms with Crippen LogP contribution in [0.1, 0.15) is 11.3 Å². The third-order valence-corrected chi connectivity index (χ3v) is 4.86. The standard InChI is InChI=1S/C13H21BrN4S/c1-15-13(16-6-9-18-7-3-8-18)17(2)10-11-4-5-12(14)19-11/h4-5H,3,6-10H2,1-2H3,(H,15,16). The highest BCUT2D eigenvalue weighted by molar-refractivity contribution is 9.11. The molecule has 19 heavy (non-hydrogen) atoms. The minimum Gasteiger partial charge on any atom is -0.355 e. The van der Waals surface area contributed by atoms with Gasteiger partial charge in [0.2, 0.25) is 0 Å². The second kappa shape index (κ2) is 7.26. The first-order chi connectivity index (χ1) is 9.19. The fourth-order valence-electron chi connectivity index (χ4n) is 2.06. The van der Waals surface area contributed by atoms with E-state index in [-0.39, 0.29) is 0 Å². The van der Waals surface area contributed by atoms with Crippen molar-refractivity contribution in [3.63, 3.8) is 0 Å². The highest BCUT2D eigenvalue weighted by atomic mass is 79.9. The van der Waals surface area contributed by atoms with Crippen molar-refractivity contribution in [1.82, 2.24) is 15.1 Å². The predicted molar refractivity (Wildman–Crippen MR) is 85.9 cm³/mol. The van der Waals surface area contributed by atoms with Gasteiger partial charge in [0.1, 0.15) is 0 Å². The summed E-state index contributed by atoms with van der Waals surface area (Å²) in [5, 5.41) is 3.42. The van der Waals surface area contributed by atoms with E-state index in [1.54, 1.807) is 11.3 Å². The summed E-state index contributed by atoms with van der Waals surface area (Å²) >= 11 is 5.27. The van der Waals surface area contributed by atoms with E-state index in [0.717, 1.165) is 25.6 Å². The van der Waals surface area contributed by atoms with Crippen LogP contribution in [-0.2, 0) is 6.54 Å². The number of guanidine groups is 1. The molecule has 1 aliphatic heterocycles. The largest absolute Gasteiger partial charge is 0.355 e. The molecule has 0 aliphatic carbocycles. The topological polar surface area (TPSA) is 30.9 Å². The predicted octanol–water partition coefficient (Wildman–Crippen LogP) is 2.22. The normalized spacial score (nSPS) is 16.3. The fourth-order valence-corrected chi connectivity index (χ4v) is 3.60. The molecular formula is C13H21BrN4S. The van der Waals surface area contributed by atoms with E-state index in [9.17, 15) is 0 Å². The first kappa shape index (κ1) is 14.8. The summed E-state index contributed by atoms with van der Waals surface area (Å²) in [5.41, 5.74) is 0. The summed E-state index contributed by atoms with van der Waals surface area (Å²) in [6.07, 6.45) is 1.35. The molecule has 0 saturated carbocycles. The van der Waals surface area contributed by atoms with Crippen LogP contribution in [0.3, 0.4) is 0 Å². The average molecular weight is 345 g/mol. The van der Waals surface area contributed by atoms with Gasteiger partial charge in [-0.25, -0.2) is 0 Å². The van der Waals surface area contributed by atoms with E-state index >= 15 is 0 Å². The number of likely N-dealkylation sites (tertiary alicyclic amines) is 1. The van der Waals surface area contributed by atoms with Gasteiger partial charge in [0.25, 0.3) is 0 Å². The zero-order valence-corrected chi connectivity index (χ0v) is 13.9. The molecule has 2 heterocycles. The number of nitrogens with zero attached hydrogens (tertiary/aromatic N) is 3. The van der Waals surface area contributed by atoms with Gasteiger partial charge in [-0.1, -0.05) is 0 Å². The van der Waals surface area contributed by atoms with Crippen molar-refractivity contribution in [1.29, 1.82) is 0 Å². The highest BCUT2D eigenvalue weighted by Gasteiger charge is 2.13. The number of hydrogen-bond donors (Lipinski definition) is 1. The molecule has 0 atom stereocenters. The van der Waals surface area contributed by atoms with E-state index < -0.39 is 0 Å². The molecule has 106 valence electrons. The minimum atomic E-state index is 0.889. The molecule has 1 saturated heterocycles. The molecule has 2 rings (SSSR count). The lowest BCUT2D eigenvalue weighted by atomic mass is 10.2. The summed E-state index contributed by atoms with van der Waals surface area (Å²) in [5.74, 6) is 0.963. The summed E-state index contributed by atoms with van der Waals surface area (Å²) < 4.78 is 1.18. The molecule has 1 aromatic rings. The molecule has 0 aromatic carbocycles. The number of aliphatic imine (C=N–C) groups is 1. The Morgan fingerprint density at radius 3 is 2.84 bits per heavy atom. The van der Waals surface area contributed by atoms with Gasteiger partial charge >= 0.3 is 0 Å². The molecule has 1 aliphatic rings. The van der Waals surface area contributed by atoms with E-state index in [2.05, 4.69) is 55.2 Å². The Hall–Kier alpha value is -0.590. The van der Waals surface area contributed by atoms with Crippen LogP contribution < -0.4 is 5.32 Å². The summed E-state index contributed by atoms with van der Waals surface area (Å²) in [6.45, 7) is 5.46. The Morgan fingerprint density at radius 2 is 2.32 bits per heavy atom. The van der Waals surface area contributed by atoms with Crippen molar-refractivity contribution in [2.75, 3.05) is 40.3 Å². The van der Waals surface area contributed by atoms with Crippen molar-refractivity contribution >= 4 is 33.2 Å². The van der Waals surface area contributed by atoms with E-state index in [1.165, 1.54) is 28.2 Å². The second-order valence-electron chi connectivity index (χ2n) is 4.73. The molecule has 0 amide bonds. The maximum absolute atomic E-state index is 4.34. The van der Waals surface area contributed by atoms with Gasteiger partial charge in [-0.2, -0.15) is 0 Å². The van der Waals surface area contributed by atoms with Crippen LogP contribution >= 0.6 is 27.3 Å². The quantitative estimate of drug-likeness (QED) is 0.656. The number of halogens is 1. The van der Waals surface area contributed by atoms with Crippen LogP contribution in [0.15, 0.2) is 20.9 Å². The first-order valence-electron chi connectivity index (χ1n) is 6.57. The first-order valence-corrected chi connectivity index (χ1v) is 8.18. The molecule has 1 N–H and O–H groups in total. The van der Waals surface area contributed by atoms with Gasteiger partial charge in [0.05, 0.1) is 10.3 Å². The highest BCUT2D eigenvalue weighted by Crippen LogP contribution is 2.22.